The number of aromatic nitrogens is 2. The minimum Gasteiger partial charge on any atom is -0.354 e. The second-order valence-electron chi connectivity index (χ2n) is 8.64. The fourth-order valence-electron chi connectivity index (χ4n) is 4.10. The van der Waals surface area contributed by atoms with Crippen molar-refractivity contribution in [1.82, 2.24) is 19.8 Å². The molecule has 0 saturated carbocycles. The van der Waals surface area contributed by atoms with Gasteiger partial charge in [-0.3, -0.25) is 9.69 Å². The van der Waals surface area contributed by atoms with Gasteiger partial charge in [0.1, 0.15) is 11.9 Å². The summed E-state index contributed by atoms with van der Waals surface area (Å²) in [4.78, 5) is 39.2. The van der Waals surface area contributed by atoms with Crippen molar-refractivity contribution in [3.8, 4) is 0 Å². The quantitative estimate of drug-likeness (QED) is 0.698. The van der Waals surface area contributed by atoms with E-state index in [4.69, 9.17) is 0 Å². The Hall–Kier alpha value is -2.25. The van der Waals surface area contributed by atoms with E-state index < -0.39 is 11.4 Å². The van der Waals surface area contributed by atoms with Gasteiger partial charge >= 0.3 is 6.03 Å². The van der Waals surface area contributed by atoms with Gasteiger partial charge in [-0.1, -0.05) is 27.7 Å². The van der Waals surface area contributed by atoms with Gasteiger partial charge in [0.2, 0.25) is 0 Å². The molecule has 0 atom stereocenters. The molecule has 1 aromatic heterocycles. The van der Waals surface area contributed by atoms with Crippen LogP contribution in [0.4, 0.5) is 15.0 Å². The minimum absolute atomic E-state index is 0.0957. The van der Waals surface area contributed by atoms with E-state index in [1.165, 1.54) is 11.2 Å². The van der Waals surface area contributed by atoms with Gasteiger partial charge in [0, 0.05) is 26.2 Å². The fourth-order valence-corrected chi connectivity index (χ4v) is 4.10. The lowest BCUT2D eigenvalue weighted by molar-refractivity contribution is -0.134. The first kappa shape index (κ1) is 20.5. The lowest BCUT2D eigenvalue weighted by atomic mass is 9.85. The molecule has 0 aromatic carbocycles. The van der Waals surface area contributed by atoms with Crippen molar-refractivity contribution in [2.24, 2.45) is 11.8 Å². The van der Waals surface area contributed by atoms with Gasteiger partial charge < -0.3 is 9.80 Å². The van der Waals surface area contributed by atoms with Crippen LogP contribution in [0.1, 0.15) is 47.0 Å². The number of amides is 3. The predicted octanol–water partition coefficient (Wildman–Crippen LogP) is 2.92. The fraction of sp³-hybridized carbons (Fsp3) is 0.700. The van der Waals surface area contributed by atoms with Crippen LogP contribution in [-0.4, -0.2) is 63.4 Å². The van der Waals surface area contributed by atoms with Crippen LogP contribution in [0.25, 0.3) is 0 Å². The molecule has 0 aliphatic carbocycles. The average Bonchev–Trinajstić information content (AvgIpc) is 2.83. The molecule has 2 saturated heterocycles. The number of anilines is 1. The van der Waals surface area contributed by atoms with E-state index in [1.54, 1.807) is 4.90 Å². The highest BCUT2D eigenvalue weighted by atomic mass is 19.1. The summed E-state index contributed by atoms with van der Waals surface area (Å²) in [5.41, 5.74) is -0.821. The SMILES string of the molecule is CC(C)CCN1C(=O)N(CC(C)C)C2(CCN(c3ncncc3F)CC2)C1=O. The molecule has 3 heterocycles. The summed E-state index contributed by atoms with van der Waals surface area (Å²) in [6.45, 7) is 10.2. The van der Waals surface area contributed by atoms with E-state index in [0.717, 1.165) is 12.6 Å². The lowest BCUT2D eigenvalue weighted by Crippen LogP contribution is -2.57. The van der Waals surface area contributed by atoms with Crippen LogP contribution in [0.3, 0.4) is 0 Å². The Morgan fingerprint density at radius 1 is 1.14 bits per heavy atom. The molecule has 2 fully saturated rings. The Bertz CT molecular complexity index is 731. The molecule has 3 rings (SSSR count). The smallest absolute Gasteiger partial charge is 0.327 e. The van der Waals surface area contributed by atoms with Crippen molar-refractivity contribution >= 4 is 17.8 Å². The van der Waals surface area contributed by atoms with Crippen molar-refractivity contribution in [1.29, 1.82) is 0 Å². The third-order valence-electron chi connectivity index (χ3n) is 5.64. The van der Waals surface area contributed by atoms with Crippen LogP contribution in [-0.2, 0) is 4.79 Å². The molecule has 1 aromatic rings. The molecule has 0 radical (unpaired) electrons. The molecule has 0 unspecified atom stereocenters. The van der Waals surface area contributed by atoms with Crippen LogP contribution in [0.15, 0.2) is 12.5 Å². The van der Waals surface area contributed by atoms with Crippen molar-refractivity contribution in [2.75, 3.05) is 31.1 Å². The van der Waals surface area contributed by atoms with Crippen molar-refractivity contribution in [2.45, 2.75) is 52.5 Å². The number of carbonyl (C=O) groups is 2. The van der Waals surface area contributed by atoms with Crippen LogP contribution < -0.4 is 4.90 Å². The zero-order chi connectivity index (χ0) is 20.5. The largest absolute Gasteiger partial charge is 0.354 e. The first-order valence-corrected chi connectivity index (χ1v) is 10.1. The van der Waals surface area contributed by atoms with Gasteiger partial charge in [-0.05, 0) is 31.1 Å². The van der Waals surface area contributed by atoms with Crippen LogP contribution >= 0.6 is 0 Å². The molecule has 2 aliphatic heterocycles. The highest BCUT2D eigenvalue weighted by Gasteiger charge is 2.57. The molecule has 28 heavy (non-hydrogen) atoms. The van der Waals surface area contributed by atoms with Gasteiger partial charge in [-0.25, -0.2) is 19.2 Å². The second-order valence-corrected chi connectivity index (χ2v) is 8.64. The number of hydrogen-bond donors (Lipinski definition) is 0. The first-order valence-electron chi connectivity index (χ1n) is 10.1. The first-order chi connectivity index (χ1) is 13.3. The standard InChI is InChI=1S/C20H30FN5O2/c1-14(2)5-8-25-18(27)20(26(19(25)28)12-15(3)4)6-9-24(10-7-20)17-16(21)11-22-13-23-17/h11,13-15H,5-10,12H2,1-4H3. The molecule has 0 N–H and O–H groups in total. The Morgan fingerprint density at radius 2 is 1.82 bits per heavy atom. The number of carbonyl (C=O) groups excluding carboxylic acids is 2. The maximum atomic E-state index is 14.1. The number of imide groups is 1. The Kier molecular flexibility index (Phi) is 5.86. The molecule has 1 spiro atoms. The molecule has 7 nitrogen and oxygen atoms in total. The van der Waals surface area contributed by atoms with E-state index in [-0.39, 0.29) is 23.7 Å². The molecular formula is C20H30FN5O2. The number of piperidine rings is 1. The Morgan fingerprint density at radius 3 is 2.39 bits per heavy atom. The predicted molar refractivity (Wildman–Crippen MR) is 104 cm³/mol. The average molecular weight is 391 g/mol. The summed E-state index contributed by atoms with van der Waals surface area (Å²) < 4.78 is 14.1. The highest BCUT2D eigenvalue weighted by molar-refractivity contribution is 6.07. The van der Waals surface area contributed by atoms with E-state index in [1.807, 2.05) is 18.7 Å². The number of urea groups is 1. The number of rotatable bonds is 6. The van der Waals surface area contributed by atoms with Crippen molar-refractivity contribution < 1.29 is 14.0 Å². The van der Waals surface area contributed by atoms with Crippen molar-refractivity contribution in [3.63, 3.8) is 0 Å². The second kappa shape index (κ2) is 8.01. The zero-order valence-corrected chi connectivity index (χ0v) is 17.2. The third kappa shape index (κ3) is 3.69. The topological polar surface area (TPSA) is 69.6 Å². The number of halogens is 1. The maximum absolute atomic E-state index is 14.1. The summed E-state index contributed by atoms with van der Waals surface area (Å²) >= 11 is 0. The van der Waals surface area contributed by atoms with E-state index >= 15 is 0 Å². The van der Waals surface area contributed by atoms with Gasteiger partial charge in [0.15, 0.2) is 11.6 Å². The minimum atomic E-state index is -0.821. The van der Waals surface area contributed by atoms with Gasteiger partial charge in [0.05, 0.1) is 6.20 Å². The normalized spacial score (nSPS) is 19.6. The van der Waals surface area contributed by atoms with Crippen LogP contribution in [0.2, 0.25) is 0 Å². The summed E-state index contributed by atoms with van der Waals surface area (Å²) in [6.07, 6.45) is 4.22. The lowest BCUT2D eigenvalue weighted by Gasteiger charge is -2.43. The monoisotopic (exact) mass is 391 g/mol. The molecule has 8 heteroatoms. The van der Waals surface area contributed by atoms with Gasteiger partial charge in [-0.2, -0.15) is 0 Å². The summed E-state index contributed by atoms with van der Waals surface area (Å²) in [6, 6.07) is -0.180. The third-order valence-corrected chi connectivity index (χ3v) is 5.64. The Labute approximate surface area is 165 Å². The van der Waals surface area contributed by atoms with E-state index in [9.17, 15) is 14.0 Å². The molecule has 0 bridgehead atoms. The highest BCUT2D eigenvalue weighted by Crippen LogP contribution is 2.39. The van der Waals surface area contributed by atoms with Gasteiger partial charge in [0.25, 0.3) is 5.91 Å². The number of nitrogens with zero attached hydrogens (tertiary/aromatic N) is 5. The molecular weight excluding hydrogens is 361 g/mol. The Balaban J connectivity index is 1.82. The van der Waals surface area contributed by atoms with E-state index in [0.29, 0.717) is 44.9 Å². The van der Waals surface area contributed by atoms with Crippen molar-refractivity contribution in [3.05, 3.63) is 18.3 Å². The summed E-state index contributed by atoms with van der Waals surface area (Å²) in [7, 11) is 0. The van der Waals surface area contributed by atoms with Crippen LogP contribution in [0.5, 0.6) is 0 Å². The number of hydrogen-bond acceptors (Lipinski definition) is 5. The molecule has 2 aliphatic rings. The maximum Gasteiger partial charge on any atom is 0.327 e. The summed E-state index contributed by atoms with van der Waals surface area (Å²) in [5.74, 6) is 0.370. The molecule has 3 amide bonds. The zero-order valence-electron chi connectivity index (χ0n) is 17.2. The summed E-state index contributed by atoms with van der Waals surface area (Å²) in [5, 5.41) is 0. The van der Waals surface area contributed by atoms with E-state index in [2.05, 4.69) is 23.8 Å². The van der Waals surface area contributed by atoms with Crippen LogP contribution in [0, 0.1) is 17.7 Å². The van der Waals surface area contributed by atoms with Gasteiger partial charge in [-0.15, -0.1) is 0 Å². The molecule has 154 valence electrons.